The molecule has 516 valence electrons. The summed E-state index contributed by atoms with van der Waals surface area (Å²) in [6.07, 6.45) is 32.6. The van der Waals surface area contributed by atoms with Gasteiger partial charge < -0.3 is 89.9 Å². The topological polar surface area (TPSA) is 307 Å². The zero-order valence-electron chi connectivity index (χ0n) is 54.5. The van der Waals surface area contributed by atoms with E-state index in [1.807, 2.05) is 0 Å². The summed E-state index contributed by atoms with van der Waals surface area (Å²) >= 11 is 0. The minimum Gasteiger partial charge on any atom is -0.394 e. The number of rotatable bonds is 54. The first-order valence-corrected chi connectivity index (χ1v) is 35.2. The maximum atomic E-state index is 13.4. The molecule has 88 heavy (non-hydrogen) atoms. The third kappa shape index (κ3) is 33.2. The molecule has 0 aliphatic carbocycles. The molecule has 1 amide bonds. The molecule has 12 N–H and O–H groups in total. The van der Waals surface area contributed by atoms with Crippen molar-refractivity contribution in [2.45, 2.75) is 369 Å². The average molecular weight is 1260 g/mol. The number of nitrogens with one attached hydrogen (secondary N) is 1. The quantitative estimate of drug-likeness (QED) is 0.0199. The lowest BCUT2D eigenvalue weighted by Crippen LogP contribution is -2.66. The van der Waals surface area contributed by atoms with E-state index in [4.69, 9.17) is 28.4 Å². The van der Waals surface area contributed by atoms with E-state index in [1.165, 1.54) is 167 Å². The second-order valence-corrected chi connectivity index (χ2v) is 25.3. The molecule has 19 nitrogen and oxygen atoms in total. The van der Waals surface area contributed by atoms with Crippen LogP contribution in [-0.2, 0) is 33.2 Å². The van der Waals surface area contributed by atoms with Crippen LogP contribution in [0.15, 0.2) is 36.5 Å². The summed E-state index contributed by atoms with van der Waals surface area (Å²) in [6, 6.07) is -0.903. The molecule has 17 atom stereocenters. The van der Waals surface area contributed by atoms with Gasteiger partial charge in [-0.1, -0.05) is 249 Å². The SMILES string of the molecule is CC/C=C\C/C=C\C/C=C\CCCCCC(=O)NC(COC1OC(CO)C(OC2OC(CO)C(OC3OC(CO)C(O)C(O)C3O)C(O)C2O)C(O)C1O)C(O)CCCCCCCCCCCCCCCCCCCCCCCCCCCCCCCC. The van der Waals surface area contributed by atoms with E-state index in [2.05, 4.69) is 55.6 Å². The van der Waals surface area contributed by atoms with Crippen molar-refractivity contribution < 1.29 is 89.4 Å². The van der Waals surface area contributed by atoms with Crippen molar-refractivity contribution in [1.29, 1.82) is 0 Å². The van der Waals surface area contributed by atoms with Gasteiger partial charge in [-0.25, -0.2) is 0 Å². The summed E-state index contributed by atoms with van der Waals surface area (Å²) < 4.78 is 34.4. The minimum absolute atomic E-state index is 0.231. The highest BCUT2D eigenvalue weighted by molar-refractivity contribution is 5.76. The molecule has 0 spiro atoms. The second-order valence-electron chi connectivity index (χ2n) is 25.3. The molecule has 0 aromatic heterocycles. The summed E-state index contributed by atoms with van der Waals surface area (Å²) in [4.78, 5) is 13.4. The highest BCUT2D eigenvalue weighted by Gasteiger charge is 2.53. The lowest BCUT2D eigenvalue weighted by atomic mass is 9.96. The van der Waals surface area contributed by atoms with Gasteiger partial charge in [-0.05, 0) is 44.9 Å². The number of amides is 1. The smallest absolute Gasteiger partial charge is 0.220 e. The van der Waals surface area contributed by atoms with Gasteiger partial charge in [0.2, 0.25) is 5.91 Å². The zero-order valence-corrected chi connectivity index (χ0v) is 54.5. The number of hydrogen-bond acceptors (Lipinski definition) is 18. The van der Waals surface area contributed by atoms with Gasteiger partial charge in [-0.2, -0.15) is 0 Å². The minimum atomic E-state index is -1.98. The fourth-order valence-electron chi connectivity index (χ4n) is 12.0. The number of hydrogen-bond donors (Lipinski definition) is 12. The van der Waals surface area contributed by atoms with Gasteiger partial charge in [0.15, 0.2) is 18.9 Å². The van der Waals surface area contributed by atoms with Gasteiger partial charge in [0.05, 0.1) is 38.6 Å². The number of aliphatic hydroxyl groups excluding tert-OH is 11. The maximum Gasteiger partial charge on any atom is 0.220 e. The molecule has 19 heteroatoms. The Kier molecular flexibility index (Phi) is 46.9. The van der Waals surface area contributed by atoms with E-state index < -0.39 is 124 Å². The third-order valence-electron chi connectivity index (χ3n) is 17.7. The van der Waals surface area contributed by atoms with Crippen LogP contribution in [0.1, 0.15) is 264 Å². The monoisotopic (exact) mass is 1260 g/mol. The normalized spacial score (nSPS) is 28.6. The Hall–Kier alpha value is -1.99. The molecule has 0 aromatic carbocycles. The Morgan fingerprint density at radius 1 is 0.420 bits per heavy atom. The van der Waals surface area contributed by atoms with Gasteiger partial charge in [0, 0.05) is 6.42 Å². The van der Waals surface area contributed by atoms with E-state index in [1.54, 1.807) is 0 Å². The number of carbonyl (C=O) groups is 1. The van der Waals surface area contributed by atoms with Crippen molar-refractivity contribution in [1.82, 2.24) is 5.32 Å². The molecule has 0 aromatic rings. The lowest BCUT2D eigenvalue weighted by molar-refractivity contribution is -0.379. The number of aliphatic hydroxyl groups is 11. The third-order valence-corrected chi connectivity index (χ3v) is 17.7. The Morgan fingerprint density at radius 2 is 0.784 bits per heavy atom. The fraction of sp³-hybridized carbons (Fsp3) is 0.899. The van der Waals surface area contributed by atoms with Crippen LogP contribution in [0.4, 0.5) is 0 Å². The van der Waals surface area contributed by atoms with E-state index in [-0.39, 0.29) is 18.9 Å². The van der Waals surface area contributed by atoms with Gasteiger partial charge in [-0.3, -0.25) is 4.79 Å². The highest BCUT2D eigenvalue weighted by Crippen LogP contribution is 2.33. The van der Waals surface area contributed by atoms with Gasteiger partial charge in [-0.15, -0.1) is 0 Å². The molecule has 0 radical (unpaired) electrons. The summed E-state index contributed by atoms with van der Waals surface area (Å²) in [5, 5.41) is 121. The van der Waals surface area contributed by atoms with Crippen LogP contribution < -0.4 is 5.32 Å². The molecular formula is C69H127NO18. The number of ether oxygens (including phenoxy) is 6. The summed E-state index contributed by atoms with van der Waals surface area (Å²) in [5.41, 5.74) is 0. The van der Waals surface area contributed by atoms with Crippen molar-refractivity contribution in [3.05, 3.63) is 36.5 Å². The average Bonchev–Trinajstić information content (AvgIpc) is 1.80. The first-order chi connectivity index (χ1) is 42.8. The van der Waals surface area contributed by atoms with Crippen LogP contribution >= 0.6 is 0 Å². The molecule has 0 bridgehead atoms. The Balaban J connectivity index is 1.38. The maximum absolute atomic E-state index is 13.4. The van der Waals surface area contributed by atoms with Crippen LogP contribution in [0.25, 0.3) is 0 Å². The largest absolute Gasteiger partial charge is 0.394 e. The fourth-order valence-corrected chi connectivity index (χ4v) is 12.0. The van der Waals surface area contributed by atoms with E-state index in [9.17, 15) is 61.0 Å². The van der Waals surface area contributed by atoms with E-state index >= 15 is 0 Å². The Bertz CT molecular complexity index is 1740. The summed E-state index contributed by atoms with van der Waals surface area (Å²) in [7, 11) is 0. The van der Waals surface area contributed by atoms with Crippen LogP contribution in [0.5, 0.6) is 0 Å². The molecule has 3 saturated heterocycles. The van der Waals surface area contributed by atoms with Gasteiger partial charge in [0.25, 0.3) is 0 Å². The highest BCUT2D eigenvalue weighted by atomic mass is 16.8. The number of carbonyl (C=O) groups excluding carboxylic acids is 1. The Morgan fingerprint density at radius 3 is 1.22 bits per heavy atom. The van der Waals surface area contributed by atoms with Gasteiger partial charge in [0.1, 0.15) is 73.2 Å². The zero-order chi connectivity index (χ0) is 64.0. The van der Waals surface area contributed by atoms with Crippen LogP contribution in [-0.4, -0.2) is 193 Å². The first-order valence-electron chi connectivity index (χ1n) is 35.2. The van der Waals surface area contributed by atoms with E-state index in [0.29, 0.717) is 12.8 Å². The van der Waals surface area contributed by atoms with Crippen LogP contribution in [0, 0.1) is 0 Å². The van der Waals surface area contributed by atoms with Crippen molar-refractivity contribution >= 4 is 5.91 Å². The standard InChI is InChI=1S/C69H127NO18/c1-3-5-7-9-11-13-15-17-18-19-20-21-22-23-24-25-26-27-28-29-30-31-32-33-35-36-38-40-42-44-46-53(74)52(70-57(75)47-45-43-41-39-37-34-16-14-12-10-8-6-4-2)51-83-67-63(81)60(78)65(55(49-72)85-67)88-69-64(82)61(79)66(56(50-73)86-69)87-68-62(80)59(77)58(76)54(48-71)84-68/h6,8,12,14,34,37,52-56,58-69,71-74,76-82H,3-5,7,9-11,13,15-33,35-36,38-51H2,1-2H3,(H,70,75)/b8-6-,14-12-,37-34-. The van der Waals surface area contributed by atoms with E-state index in [0.717, 1.165) is 64.2 Å². The predicted molar refractivity (Wildman–Crippen MR) is 342 cm³/mol. The predicted octanol–water partition coefficient (Wildman–Crippen LogP) is 9.22. The van der Waals surface area contributed by atoms with Gasteiger partial charge >= 0.3 is 0 Å². The van der Waals surface area contributed by atoms with Crippen molar-refractivity contribution in [2.24, 2.45) is 0 Å². The second kappa shape index (κ2) is 51.4. The van der Waals surface area contributed by atoms with Crippen molar-refractivity contribution in [3.8, 4) is 0 Å². The molecule has 3 aliphatic rings. The van der Waals surface area contributed by atoms with Crippen molar-refractivity contribution in [3.63, 3.8) is 0 Å². The molecule has 3 rings (SSSR count). The summed E-state index contributed by atoms with van der Waals surface area (Å²) in [6.45, 7) is 1.67. The number of unbranched alkanes of at least 4 members (excludes halogenated alkanes) is 32. The molecule has 0 saturated carbocycles. The molecule has 3 aliphatic heterocycles. The number of allylic oxidation sites excluding steroid dienone is 6. The summed E-state index contributed by atoms with van der Waals surface area (Å²) in [5.74, 6) is -0.270. The molecule has 3 heterocycles. The lowest BCUT2D eigenvalue weighted by Gasteiger charge is -2.48. The molecule has 17 unspecified atom stereocenters. The molecule has 3 fully saturated rings. The van der Waals surface area contributed by atoms with Crippen molar-refractivity contribution in [2.75, 3.05) is 26.4 Å². The van der Waals surface area contributed by atoms with Crippen LogP contribution in [0.3, 0.4) is 0 Å². The van der Waals surface area contributed by atoms with Crippen LogP contribution in [0.2, 0.25) is 0 Å². The Labute approximate surface area is 530 Å². The molecular weight excluding hydrogens is 1130 g/mol. The first kappa shape index (κ1) is 80.2.